The van der Waals surface area contributed by atoms with E-state index < -0.39 is 5.97 Å². The van der Waals surface area contributed by atoms with E-state index in [1.165, 1.54) is 0 Å². The van der Waals surface area contributed by atoms with Crippen molar-refractivity contribution in [3.63, 3.8) is 0 Å². The molecule has 21 heavy (non-hydrogen) atoms. The largest absolute Gasteiger partial charge is 0.480 e. The lowest BCUT2D eigenvalue weighted by molar-refractivity contribution is -0.144. The molecule has 3 unspecified atom stereocenters. The Bertz CT molecular complexity index is 332. The number of aliphatic carboxylic acids is 1. The molecule has 2 fully saturated rings. The average molecular weight is 298 g/mol. The van der Waals surface area contributed by atoms with Gasteiger partial charge in [0.05, 0.1) is 12.2 Å². The number of likely N-dealkylation sites (tertiary alicyclic amines) is 1. The Morgan fingerprint density at radius 1 is 1.24 bits per heavy atom. The molecule has 2 rings (SSSR count). The van der Waals surface area contributed by atoms with Crippen LogP contribution in [0.1, 0.15) is 40.0 Å². The van der Waals surface area contributed by atoms with Crippen molar-refractivity contribution < 1.29 is 14.6 Å². The highest BCUT2D eigenvalue weighted by Gasteiger charge is 2.30. The van der Waals surface area contributed by atoms with Crippen molar-refractivity contribution in [1.29, 1.82) is 0 Å². The maximum Gasteiger partial charge on any atom is 0.320 e. The van der Waals surface area contributed by atoms with Gasteiger partial charge in [0.1, 0.15) is 6.04 Å². The topological polar surface area (TPSA) is 53.0 Å². The molecule has 0 spiro atoms. The fraction of sp³-hybridized carbons (Fsp3) is 0.938. The monoisotopic (exact) mass is 298 g/mol. The molecule has 0 aromatic heterocycles. The van der Waals surface area contributed by atoms with Crippen molar-refractivity contribution in [3.05, 3.63) is 0 Å². The second-order valence-corrected chi connectivity index (χ2v) is 6.72. The van der Waals surface area contributed by atoms with E-state index in [9.17, 15) is 9.90 Å². The minimum atomic E-state index is -0.674. The minimum Gasteiger partial charge on any atom is -0.480 e. The van der Waals surface area contributed by atoms with Gasteiger partial charge < -0.3 is 9.84 Å². The molecule has 2 heterocycles. The van der Waals surface area contributed by atoms with E-state index in [1.54, 1.807) is 0 Å². The molecule has 0 aromatic rings. The number of rotatable bonds is 5. The predicted octanol–water partition coefficient (Wildman–Crippen LogP) is 1.67. The van der Waals surface area contributed by atoms with Gasteiger partial charge in [-0.25, -0.2) is 0 Å². The van der Waals surface area contributed by atoms with Gasteiger partial charge in [-0.3, -0.25) is 14.6 Å². The van der Waals surface area contributed by atoms with E-state index in [2.05, 4.69) is 23.6 Å². The SMILES string of the molecule is CCC(C(=O)O)N1CCC(CN2CC(C)OC(C)C2)CC1. The Morgan fingerprint density at radius 3 is 2.29 bits per heavy atom. The van der Waals surface area contributed by atoms with Crippen LogP contribution < -0.4 is 0 Å². The summed E-state index contributed by atoms with van der Waals surface area (Å²) in [4.78, 5) is 15.9. The molecule has 5 nitrogen and oxygen atoms in total. The number of piperidine rings is 1. The molecule has 0 aromatic carbocycles. The van der Waals surface area contributed by atoms with Gasteiger partial charge in [-0.1, -0.05) is 6.92 Å². The molecule has 2 aliphatic heterocycles. The minimum absolute atomic E-state index is 0.297. The van der Waals surface area contributed by atoms with Crippen LogP contribution in [0, 0.1) is 5.92 Å². The molecule has 5 heteroatoms. The summed E-state index contributed by atoms with van der Waals surface area (Å²) < 4.78 is 5.78. The van der Waals surface area contributed by atoms with Gasteiger partial charge in [-0.05, 0) is 52.1 Å². The number of nitrogens with zero attached hydrogens (tertiary/aromatic N) is 2. The summed E-state index contributed by atoms with van der Waals surface area (Å²) >= 11 is 0. The van der Waals surface area contributed by atoms with Crippen LogP contribution in [0.25, 0.3) is 0 Å². The van der Waals surface area contributed by atoms with Gasteiger partial charge in [-0.15, -0.1) is 0 Å². The second-order valence-electron chi connectivity index (χ2n) is 6.72. The maximum atomic E-state index is 11.2. The van der Waals surface area contributed by atoms with E-state index in [4.69, 9.17) is 4.74 Å². The first-order valence-electron chi connectivity index (χ1n) is 8.34. The van der Waals surface area contributed by atoms with Gasteiger partial charge in [0, 0.05) is 19.6 Å². The Morgan fingerprint density at radius 2 is 1.81 bits per heavy atom. The summed E-state index contributed by atoms with van der Waals surface area (Å²) in [6.07, 6.45) is 3.57. The zero-order chi connectivity index (χ0) is 15.4. The van der Waals surface area contributed by atoms with Crippen LogP contribution in [0.3, 0.4) is 0 Å². The first kappa shape index (κ1) is 16.7. The van der Waals surface area contributed by atoms with Crippen LogP contribution >= 0.6 is 0 Å². The zero-order valence-corrected chi connectivity index (χ0v) is 13.6. The molecule has 3 atom stereocenters. The lowest BCUT2D eigenvalue weighted by Gasteiger charge is -2.40. The Labute approximate surface area is 128 Å². The van der Waals surface area contributed by atoms with Crippen LogP contribution in [-0.4, -0.2) is 71.8 Å². The summed E-state index contributed by atoms with van der Waals surface area (Å²) in [6.45, 7) is 11.3. The van der Waals surface area contributed by atoms with Crippen molar-refractivity contribution in [2.45, 2.75) is 58.3 Å². The first-order valence-corrected chi connectivity index (χ1v) is 8.34. The molecular weight excluding hydrogens is 268 g/mol. The quantitative estimate of drug-likeness (QED) is 0.837. The molecule has 122 valence electrons. The summed E-state index contributed by atoms with van der Waals surface area (Å²) in [5, 5.41) is 9.25. The fourth-order valence-corrected chi connectivity index (χ4v) is 3.83. The van der Waals surface area contributed by atoms with Crippen molar-refractivity contribution in [2.24, 2.45) is 5.92 Å². The van der Waals surface area contributed by atoms with Crippen molar-refractivity contribution >= 4 is 5.97 Å². The molecule has 0 bridgehead atoms. The Hall–Kier alpha value is -0.650. The Balaban J connectivity index is 1.77. The van der Waals surface area contributed by atoms with Crippen molar-refractivity contribution in [3.8, 4) is 0 Å². The first-order chi connectivity index (χ1) is 9.99. The van der Waals surface area contributed by atoms with E-state index in [0.29, 0.717) is 24.5 Å². The number of carboxylic acid groups (broad SMARTS) is 1. The lowest BCUT2D eigenvalue weighted by atomic mass is 9.94. The number of carboxylic acids is 1. The summed E-state index contributed by atoms with van der Waals surface area (Å²) in [6, 6.07) is -0.297. The number of carbonyl (C=O) groups is 1. The second kappa shape index (κ2) is 7.56. The standard InChI is InChI=1S/C16H30N2O3/c1-4-15(16(19)20)18-7-5-14(6-8-18)11-17-9-12(2)21-13(3)10-17/h12-15H,4-11H2,1-3H3,(H,19,20). The highest BCUT2D eigenvalue weighted by atomic mass is 16.5. The number of hydrogen-bond donors (Lipinski definition) is 1. The smallest absolute Gasteiger partial charge is 0.320 e. The predicted molar refractivity (Wildman–Crippen MR) is 82.5 cm³/mol. The molecule has 0 saturated carbocycles. The van der Waals surface area contributed by atoms with Gasteiger partial charge in [0.2, 0.25) is 0 Å². The van der Waals surface area contributed by atoms with E-state index >= 15 is 0 Å². The normalized spacial score (nSPS) is 31.2. The molecule has 1 N–H and O–H groups in total. The van der Waals surface area contributed by atoms with E-state index in [0.717, 1.165) is 45.6 Å². The van der Waals surface area contributed by atoms with Crippen LogP contribution in [0.4, 0.5) is 0 Å². The molecular formula is C16H30N2O3. The maximum absolute atomic E-state index is 11.2. The van der Waals surface area contributed by atoms with Crippen LogP contribution in [-0.2, 0) is 9.53 Å². The molecule has 2 saturated heterocycles. The average Bonchev–Trinajstić information content (AvgIpc) is 2.40. The fourth-order valence-electron chi connectivity index (χ4n) is 3.83. The molecule has 0 amide bonds. The highest BCUT2D eigenvalue weighted by molar-refractivity contribution is 5.73. The Kier molecular flexibility index (Phi) is 6.02. The van der Waals surface area contributed by atoms with Crippen molar-refractivity contribution in [1.82, 2.24) is 9.80 Å². The summed E-state index contributed by atoms with van der Waals surface area (Å²) in [5.41, 5.74) is 0. The van der Waals surface area contributed by atoms with E-state index in [-0.39, 0.29) is 6.04 Å². The van der Waals surface area contributed by atoms with Crippen LogP contribution in [0.15, 0.2) is 0 Å². The zero-order valence-electron chi connectivity index (χ0n) is 13.6. The lowest BCUT2D eigenvalue weighted by Crippen LogP contribution is -2.50. The third-order valence-corrected chi connectivity index (χ3v) is 4.77. The number of hydrogen-bond acceptors (Lipinski definition) is 4. The van der Waals surface area contributed by atoms with Crippen LogP contribution in [0.5, 0.6) is 0 Å². The molecule has 0 aliphatic carbocycles. The third kappa shape index (κ3) is 4.66. The summed E-state index contributed by atoms with van der Waals surface area (Å²) in [5.74, 6) is 0.0248. The van der Waals surface area contributed by atoms with Crippen LogP contribution in [0.2, 0.25) is 0 Å². The highest BCUT2D eigenvalue weighted by Crippen LogP contribution is 2.22. The molecule has 0 radical (unpaired) electrons. The van der Waals surface area contributed by atoms with Gasteiger partial charge >= 0.3 is 5.97 Å². The summed E-state index contributed by atoms with van der Waals surface area (Å²) in [7, 11) is 0. The molecule has 2 aliphatic rings. The van der Waals surface area contributed by atoms with E-state index in [1.807, 2.05) is 6.92 Å². The third-order valence-electron chi connectivity index (χ3n) is 4.77. The van der Waals surface area contributed by atoms with Gasteiger partial charge in [0.15, 0.2) is 0 Å². The number of ether oxygens (including phenoxy) is 1. The number of morpholine rings is 1. The van der Waals surface area contributed by atoms with Gasteiger partial charge in [-0.2, -0.15) is 0 Å². The van der Waals surface area contributed by atoms with Gasteiger partial charge in [0.25, 0.3) is 0 Å². The van der Waals surface area contributed by atoms with Crippen molar-refractivity contribution in [2.75, 3.05) is 32.7 Å².